The highest BCUT2D eigenvalue weighted by atomic mass is 16.5. The highest BCUT2D eigenvalue weighted by Crippen LogP contribution is 1.93. The molecule has 11 heavy (non-hydrogen) atoms. The third-order valence-electron chi connectivity index (χ3n) is 1.06. The van der Waals surface area contributed by atoms with E-state index in [0.717, 1.165) is 0 Å². The number of hydrogen-bond donors (Lipinski definition) is 2. The summed E-state index contributed by atoms with van der Waals surface area (Å²) in [6.45, 7) is 3.85. The van der Waals surface area contributed by atoms with Crippen LogP contribution in [0.5, 0.6) is 0 Å². The summed E-state index contributed by atoms with van der Waals surface area (Å²) in [5.41, 5.74) is 5.18. The van der Waals surface area contributed by atoms with E-state index in [0.29, 0.717) is 12.5 Å². The van der Waals surface area contributed by atoms with E-state index >= 15 is 0 Å². The second kappa shape index (κ2) is 5.09. The van der Waals surface area contributed by atoms with Crippen LogP contribution in [0.15, 0.2) is 0 Å². The monoisotopic (exact) mass is 161 g/mol. The Balaban J connectivity index is 3.52. The second-order valence-electron chi connectivity index (χ2n) is 2.81. The van der Waals surface area contributed by atoms with Crippen molar-refractivity contribution in [2.75, 3.05) is 13.2 Å². The van der Waals surface area contributed by atoms with Crippen molar-refractivity contribution in [3.63, 3.8) is 0 Å². The van der Waals surface area contributed by atoms with Gasteiger partial charge in [-0.1, -0.05) is 13.8 Å². The van der Waals surface area contributed by atoms with Gasteiger partial charge in [0.1, 0.15) is 6.04 Å². The Hall–Kier alpha value is -0.610. The molecule has 0 aromatic carbocycles. The van der Waals surface area contributed by atoms with Gasteiger partial charge in [0.25, 0.3) is 0 Å². The van der Waals surface area contributed by atoms with Crippen molar-refractivity contribution in [3.8, 4) is 0 Å². The Kier molecular flexibility index (Phi) is 4.81. The number of aliphatic hydroxyl groups excluding tert-OH is 1. The number of rotatable bonds is 4. The first-order chi connectivity index (χ1) is 5.07. The molecule has 4 nitrogen and oxygen atoms in total. The average molecular weight is 161 g/mol. The zero-order chi connectivity index (χ0) is 8.85. The molecule has 0 unspecified atom stereocenters. The van der Waals surface area contributed by atoms with Crippen molar-refractivity contribution in [2.24, 2.45) is 11.7 Å². The van der Waals surface area contributed by atoms with Crippen LogP contribution in [-0.4, -0.2) is 30.3 Å². The van der Waals surface area contributed by atoms with Crippen molar-refractivity contribution in [2.45, 2.75) is 19.9 Å². The molecule has 4 heteroatoms. The van der Waals surface area contributed by atoms with Gasteiger partial charge in [0.2, 0.25) is 0 Å². The summed E-state index contributed by atoms with van der Waals surface area (Å²) in [4.78, 5) is 10.8. The molecule has 0 aromatic rings. The molecule has 0 bridgehead atoms. The maximum atomic E-state index is 10.8. The number of carbonyl (C=O) groups excluding carboxylic acids is 1. The summed E-state index contributed by atoms with van der Waals surface area (Å²) in [6, 6.07) is -0.895. The Labute approximate surface area is 66.3 Å². The predicted molar refractivity (Wildman–Crippen MR) is 40.9 cm³/mol. The van der Waals surface area contributed by atoms with Gasteiger partial charge in [0.05, 0.1) is 13.2 Å². The average Bonchev–Trinajstić information content (AvgIpc) is 1.98. The van der Waals surface area contributed by atoms with Gasteiger partial charge in [0, 0.05) is 0 Å². The second-order valence-corrected chi connectivity index (χ2v) is 2.81. The third kappa shape index (κ3) is 4.75. The van der Waals surface area contributed by atoms with Crippen LogP contribution in [0, 0.1) is 5.92 Å². The number of aliphatic hydroxyl groups is 1. The molecular formula is C7H15NO3. The van der Waals surface area contributed by atoms with Crippen molar-refractivity contribution in [1.82, 2.24) is 0 Å². The topological polar surface area (TPSA) is 72.5 Å². The molecule has 66 valence electrons. The molecule has 0 heterocycles. The Morgan fingerprint density at radius 1 is 1.64 bits per heavy atom. The third-order valence-corrected chi connectivity index (χ3v) is 1.06. The molecule has 0 aliphatic rings. The normalized spacial score (nSPS) is 13.2. The van der Waals surface area contributed by atoms with Crippen LogP contribution >= 0.6 is 0 Å². The lowest BCUT2D eigenvalue weighted by Crippen LogP contribution is -2.36. The van der Waals surface area contributed by atoms with Crippen LogP contribution in [-0.2, 0) is 9.53 Å². The molecule has 0 rings (SSSR count). The number of hydrogen-bond acceptors (Lipinski definition) is 4. The maximum Gasteiger partial charge on any atom is 0.325 e. The van der Waals surface area contributed by atoms with E-state index in [1.54, 1.807) is 0 Å². The number of carbonyl (C=O) groups is 1. The molecule has 0 amide bonds. The summed E-state index contributed by atoms with van der Waals surface area (Å²) in [5.74, 6) is -0.244. The van der Waals surface area contributed by atoms with Crippen LogP contribution < -0.4 is 5.73 Å². The van der Waals surface area contributed by atoms with Gasteiger partial charge in [0.15, 0.2) is 0 Å². The Morgan fingerprint density at radius 2 is 2.18 bits per heavy atom. The first-order valence-electron chi connectivity index (χ1n) is 3.61. The lowest BCUT2D eigenvalue weighted by molar-refractivity contribution is -0.147. The van der Waals surface area contributed by atoms with Crippen LogP contribution in [0.3, 0.4) is 0 Å². The van der Waals surface area contributed by atoms with Gasteiger partial charge < -0.3 is 15.6 Å². The van der Waals surface area contributed by atoms with Gasteiger partial charge >= 0.3 is 5.97 Å². The zero-order valence-corrected chi connectivity index (χ0v) is 6.91. The van der Waals surface area contributed by atoms with Crippen LogP contribution in [0.1, 0.15) is 13.8 Å². The highest BCUT2D eigenvalue weighted by molar-refractivity contribution is 5.75. The minimum absolute atomic E-state index is 0.296. The SMILES string of the molecule is CC(C)COC(=O)[C@@H](N)CO. The molecule has 0 aliphatic heterocycles. The van der Waals surface area contributed by atoms with Gasteiger partial charge in [-0.25, -0.2) is 0 Å². The van der Waals surface area contributed by atoms with E-state index in [2.05, 4.69) is 0 Å². The summed E-state index contributed by atoms with van der Waals surface area (Å²) in [6.07, 6.45) is 0. The molecule has 0 saturated carbocycles. The van der Waals surface area contributed by atoms with Gasteiger partial charge in [-0.05, 0) is 5.92 Å². The zero-order valence-electron chi connectivity index (χ0n) is 6.91. The number of ether oxygens (including phenoxy) is 1. The fraction of sp³-hybridized carbons (Fsp3) is 0.857. The van der Waals surface area contributed by atoms with Crippen LogP contribution in [0.25, 0.3) is 0 Å². The first-order valence-corrected chi connectivity index (χ1v) is 3.61. The van der Waals surface area contributed by atoms with Gasteiger partial charge in [-0.2, -0.15) is 0 Å². The molecular weight excluding hydrogens is 146 g/mol. The molecule has 3 N–H and O–H groups in total. The standard InChI is InChI=1S/C7H15NO3/c1-5(2)4-11-7(10)6(8)3-9/h5-6,9H,3-4,8H2,1-2H3/t6-/m0/s1. The fourth-order valence-electron chi connectivity index (χ4n) is 0.430. The summed E-state index contributed by atoms with van der Waals surface area (Å²) in [5, 5.41) is 8.44. The summed E-state index contributed by atoms with van der Waals surface area (Å²) >= 11 is 0. The molecule has 0 aliphatic carbocycles. The number of esters is 1. The quantitative estimate of drug-likeness (QED) is 0.545. The van der Waals surface area contributed by atoms with Gasteiger partial charge in [-0.15, -0.1) is 0 Å². The van der Waals surface area contributed by atoms with E-state index in [9.17, 15) is 4.79 Å². The fourth-order valence-corrected chi connectivity index (χ4v) is 0.430. The smallest absolute Gasteiger partial charge is 0.325 e. The molecule has 0 aromatic heterocycles. The van der Waals surface area contributed by atoms with E-state index in [-0.39, 0.29) is 6.61 Å². The van der Waals surface area contributed by atoms with Crippen molar-refractivity contribution >= 4 is 5.97 Å². The molecule has 0 spiro atoms. The van der Waals surface area contributed by atoms with Gasteiger partial charge in [-0.3, -0.25) is 4.79 Å². The maximum absolute atomic E-state index is 10.8. The Bertz CT molecular complexity index is 125. The molecule has 0 radical (unpaired) electrons. The minimum atomic E-state index is -0.895. The molecule has 0 fully saturated rings. The molecule has 1 atom stereocenters. The summed E-state index contributed by atoms with van der Waals surface area (Å²) < 4.78 is 4.73. The minimum Gasteiger partial charge on any atom is -0.464 e. The number of nitrogens with two attached hydrogens (primary N) is 1. The summed E-state index contributed by atoms with van der Waals surface area (Å²) in [7, 11) is 0. The Morgan fingerprint density at radius 3 is 2.55 bits per heavy atom. The van der Waals surface area contributed by atoms with Crippen LogP contribution in [0.4, 0.5) is 0 Å². The lowest BCUT2D eigenvalue weighted by atomic mass is 10.2. The first kappa shape index (κ1) is 10.4. The van der Waals surface area contributed by atoms with E-state index in [1.165, 1.54) is 0 Å². The van der Waals surface area contributed by atoms with E-state index < -0.39 is 12.0 Å². The lowest BCUT2D eigenvalue weighted by Gasteiger charge is -2.09. The predicted octanol–water partition coefficient (Wildman–Crippen LogP) is -0.495. The van der Waals surface area contributed by atoms with Crippen molar-refractivity contribution in [3.05, 3.63) is 0 Å². The molecule has 0 saturated heterocycles. The van der Waals surface area contributed by atoms with E-state index in [1.807, 2.05) is 13.8 Å². The highest BCUT2D eigenvalue weighted by Gasteiger charge is 2.13. The van der Waals surface area contributed by atoms with Crippen molar-refractivity contribution in [1.29, 1.82) is 0 Å². The van der Waals surface area contributed by atoms with Crippen LogP contribution in [0.2, 0.25) is 0 Å². The van der Waals surface area contributed by atoms with E-state index in [4.69, 9.17) is 15.6 Å². The van der Waals surface area contributed by atoms with Crippen molar-refractivity contribution < 1.29 is 14.6 Å². The largest absolute Gasteiger partial charge is 0.464 e.